The van der Waals surface area contributed by atoms with Crippen LogP contribution in [0.4, 0.5) is 0 Å². The molecule has 0 radical (unpaired) electrons. The van der Waals surface area contributed by atoms with E-state index in [1.807, 2.05) is 47.4 Å². The van der Waals surface area contributed by atoms with E-state index in [9.17, 15) is 10.1 Å². The monoisotopic (exact) mass is 560 g/mol. The first kappa shape index (κ1) is 25.3. The smallest absolute Gasteiger partial charge is 0.254 e. The van der Waals surface area contributed by atoms with Crippen molar-refractivity contribution in [1.29, 1.82) is 5.26 Å². The highest BCUT2D eigenvalue weighted by atomic mass is 35.5. The molecule has 2 aliphatic heterocycles. The average Bonchev–Trinajstić information content (AvgIpc) is 3.54. The van der Waals surface area contributed by atoms with Gasteiger partial charge in [-0.05, 0) is 55.4 Å². The number of carbonyl (C=O) groups is 1. The molecule has 7 rings (SSSR count). The van der Waals surface area contributed by atoms with Gasteiger partial charge in [-0.1, -0.05) is 29.8 Å². The summed E-state index contributed by atoms with van der Waals surface area (Å²) in [5.74, 6) is 1.24. The Labute approximate surface area is 241 Å². The second-order valence-electron chi connectivity index (χ2n) is 10.6. The molecule has 0 saturated carbocycles. The lowest BCUT2D eigenvalue weighted by atomic mass is 9.98. The Morgan fingerprint density at radius 2 is 1.78 bits per heavy atom. The lowest BCUT2D eigenvalue weighted by molar-refractivity contribution is 0.0532. The molecule has 3 aromatic heterocycles. The molecule has 9 nitrogen and oxygen atoms in total. The number of nitriles is 1. The van der Waals surface area contributed by atoms with E-state index >= 15 is 0 Å². The highest BCUT2D eigenvalue weighted by Crippen LogP contribution is 2.37. The first-order valence-electron chi connectivity index (χ1n) is 13.4. The van der Waals surface area contributed by atoms with Crippen LogP contribution in [0, 0.1) is 11.3 Å². The van der Waals surface area contributed by atoms with E-state index in [1.165, 1.54) is 0 Å². The molecule has 2 aliphatic rings. The Morgan fingerprint density at radius 1 is 0.976 bits per heavy atom. The van der Waals surface area contributed by atoms with Crippen LogP contribution in [0.5, 0.6) is 0 Å². The number of aromatic nitrogens is 5. The fourth-order valence-electron chi connectivity index (χ4n) is 6.15. The minimum Gasteiger partial charge on any atom is -0.330 e. The first-order chi connectivity index (χ1) is 20.0. The second kappa shape index (κ2) is 10.1. The second-order valence-corrected chi connectivity index (χ2v) is 11.0. The van der Waals surface area contributed by atoms with Gasteiger partial charge in [0.2, 0.25) is 0 Å². The zero-order chi connectivity index (χ0) is 28.1. The lowest BCUT2D eigenvalue weighted by Crippen LogP contribution is -2.50. The molecule has 10 heteroatoms. The summed E-state index contributed by atoms with van der Waals surface area (Å²) >= 11 is 6.22. The van der Waals surface area contributed by atoms with E-state index in [1.54, 1.807) is 30.7 Å². The van der Waals surface area contributed by atoms with E-state index < -0.39 is 0 Å². The van der Waals surface area contributed by atoms with Crippen molar-refractivity contribution in [2.75, 3.05) is 20.1 Å². The Balaban J connectivity index is 1.35. The summed E-state index contributed by atoms with van der Waals surface area (Å²) in [6.07, 6.45) is 5.85. The molecular weight excluding hydrogens is 536 g/mol. The van der Waals surface area contributed by atoms with Gasteiger partial charge >= 0.3 is 0 Å². The Bertz CT molecular complexity index is 1850. The molecular formula is C31H25ClN8O. The van der Waals surface area contributed by atoms with Gasteiger partial charge in [0, 0.05) is 54.2 Å². The van der Waals surface area contributed by atoms with Crippen molar-refractivity contribution < 1.29 is 4.79 Å². The number of fused-ring (bicyclic) bond motifs is 2. The normalized spacial score (nSPS) is 19.0. The third-order valence-corrected chi connectivity index (χ3v) is 8.19. The highest BCUT2D eigenvalue weighted by Gasteiger charge is 2.38. The standard InChI is InChI=1S/C31H25ClN8O/c1-38-17-22(39-16-20-7-8-21(32)11-25(20)31(39)41)12-23(18-38)40-28-13-26(29-34-9-4-10-35-29)36-15-27(28)37-30(40)24-6-3-2-5-19(24)14-33/h2-11,13,15,22-23H,12,16-18H2,1H3/t22-,23+/m1/s1. The summed E-state index contributed by atoms with van der Waals surface area (Å²) in [7, 11) is 2.08. The van der Waals surface area contributed by atoms with Crippen LogP contribution in [0.25, 0.3) is 33.9 Å². The van der Waals surface area contributed by atoms with Crippen LogP contribution >= 0.6 is 11.6 Å². The van der Waals surface area contributed by atoms with Gasteiger partial charge in [-0.15, -0.1) is 0 Å². The third kappa shape index (κ3) is 4.42. The molecule has 0 spiro atoms. The van der Waals surface area contributed by atoms with Crippen molar-refractivity contribution in [2.45, 2.75) is 25.0 Å². The average molecular weight is 561 g/mol. The van der Waals surface area contributed by atoms with Gasteiger partial charge in [-0.2, -0.15) is 5.26 Å². The van der Waals surface area contributed by atoms with Crippen LogP contribution in [-0.2, 0) is 6.54 Å². The number of piperidine rings is 1. The number of likely N-dealkylation sites (tertiary alicyclic amines) is 1. The molecule has 5 heterocycles. The van der Waals surface area contributed by atoms with Crippen LogP contribution in [0.3, 0.4) is 0 Å². The van der Waals surface area contributed by atoms with Crippen LogP contribution in [0.15, 0.2) is 73.2 Å². The number of hydrogen-bond donors (Lipinski definition) is 0. The minimum absolute atomic E-state index is 0.0137. The van der Waals surface area contributed by atoms with E-state index in [-0.39, 0.29) is 18.0 Å². The number of rotatable bonds is 4. The van der Waals surface area contributed by atoms with E-state index in [2.05, 4.69) is 37.5 Å². The maximum absolute atomic E-state index is 13.5. The van der Waals surface area contributed by atoms with Crippen molar-refractivity contribution in [3.05, 3.63) is 94.9 Å². The Hall–Kier alpha value is -4.65. The number of benzene rings is 2. The maximum Gasteiger partial charge on any atom is 0.254 e. The predicted molar refractivity (Wildman–Crippen MR) is 155 cm³/mol. The largest absolute Gasteiger partial charge is 0.330 e. The number of imidazole rings is 1. The first-order valence-corrected chi connectivity index (χ1v) is 13.8. The zero-order valence-electron chi connectivity index (χ0n) is 22.3. The van der Waals surface area contributed by atoms with E-state index in [0.29, 0.717) is 40.0 Å². The van der Waals surface area contributed by atoms with Gasteiger partial charge in [-0.3, -0.25) is 9.78 Å². The number of halogens is 1. The van der Waals surface area contributed by atoms with Gasteiger partial charge in [0.15, 0.2) is 5.82 Å². The van der Waals surface area contributed by atoms with Gasteiger partial charge in [0.25, 0.3) is 5.91 Å². The summed E-state index contributed by atoms with van der Waals surface area (Å²) < 4.78 is 2.22. The van der Waals surface area contributed by atoms with Gasteiger partial charge in [0.1, 0.15) is 17.0 Å². The maximum atomic E-state index is 13.5. The topological polar surface area (TPSA) is 104 Å². The molecule has 202 valence electrons. The molecule has 0 N–H and O–H groups in total. The molecule has 1 fully saturated rings. The zero-order valence-corrected chi connectivity index (χ0v) is 23.0. The summed E-state index contributed by atoms with van der Waals surface area (Å²) in [5, 5.41) is 10.5. The minimum atomic E-state index is -0.0301. The van der Waals surface area contributed by atoms with E-state index in [4.69, 9.17) is 16.6 Å². The number of nitrogens with zero attached hydrogens (tertiary/aromatic N) is 8. The predicted octanol–water partition coefficient (Wildman–Crippen LogP) is 4.98. The van der Waals surface area contributed by atoms with E-state index in [0.717, 1.165) is 41.7 Å². The van der Waals surface area contributed by atoms with Crippen LogP contribution in [0.2, 0.25) is 5.02 Å². The van der Waals surface area contributed by atoms with Crippen molar-refractivity contribution in [3.8, 4) is 29.0 Å². The quantitative estimate of drug-likeness (QED) is 0.305. The van der Waals surface area contributed by atoms with Crippen molar-refractivity contribution in [1.82, 2.24) is 34.3 Å². The SMILES string of the molecule is CN1C[C@H](N2Cc3ccc(Cl)cc3C2=O)C[C@H](n2c(-c3ccccc3C#N)nc3cnc(-c4ncccn4)cc32)C1. The third-order valence-electron chi connectivity index (χ3n) is 7.96. The van der Waals surface area contributed by atoms with Crippen molar-refractivity contribution in [2.24, 2.45) is 0 Å². The van der Waals surface area contributed by atoms with Crippen LogP contribution in [0.1, 0.15) is 33.9 Å². The molecule has 2 atom stereocenters. The fraction of sp³-hybridized carbons (Fsp3) is 0.226. The summed E-state index contributed by atoms with van der Waals surface area (Å²) in [6, 6.07) is 19.1. The molecule has 0 bridgehead atoms. The number of amides is 1. The Morgan fingerprint density at radius 3 is 2.61 bits per heavy atom. The molecule has 0 aliphatic carbocycles. The fourth-order valence-corrected chi connectivity index (χ4v) is 6.32. The van der Waals surface area contributed by atoms with Gasteiger partial charge < -0.3 is 14.4 Å². The summed E-state index contributed by atoms with van der Waals surface area (Å²) in [4.78, 5) is 36.1. The Kier molecular flexibility index (Phi) is 6.22. The number of likely N-dealkylation sites (N-methyl/N-ethyl adjacent to an activating group) is 1. The van der Waals surface area contributed by atoms with Crippen molar-refractivity contribution >= 4 is 28.5 Å². The number of pyridine rings is 1. The molecule has 1 amide bonds. The molecule has 1 saturated heterocycles. The number of carbonyl (C=O) groups excluding carboxylic acids is 1. The molecule has 5 aromatic rings. The van der Waals surface area contributed by atoms with Gasteiger partial charge in [-0.25, -0.2) is 15.0 Å². The summed E-state index contributed by atoms with van der Waals surface area (Å²) in [5.41, 5.74) is 5.22. The lowest BCUT2D eigenvalue weighted by Gasteiger charge is -2.41. The molecule has 0 unspecified atom stereocenters. The highest BCUT2D eigenvalue weighted by molar-refractivity contribution is 6.31. The van der Waals surface area contributed by atoms with Crippen LogP contribution in [-0.4, -0.2) is 66.4 Å². The van der Waals surface area contributed by atoms with Gasteiger partial charge in [0.05, 0.1) is 29.4 Å². The van der Waals surface area contributed by atoms with Crippen molar-refractivity contribution in [3.63, 3.8) is 0 Å². The molecule has 41 heavy (non-hydrogen) atoms. The van der Waals surface area contributed by atoms with Crippen LogP contribution < -0.4 is 0 Å². The number of hydrogen-bond acceptors (Lipinski definition) is 7. The molecule has 2 aromatic carbocycles. The summed E-state index contributed by atoms with van der Waals surface area (Å²) in [6.45, 7) is 2.07.